The molecule has 1 aromatic carbocycles. The zero-order valence-corrected chi connectivity index (χ0v) is 13.6. The molecule has 0 heterocycles. The predicted octanol–water partition coefficient (Wildman–Crippen LogP) is 2.74. The molecule has 0 radical (unpaired) electrons. The van der Waals surface area contributed by atoms with Gasteiger partial charge in [-0.15, -0.1) is 0 Å². The van der Waals surface area contributed by atoms with E-state index in [0.717, 1.165) is 18.4 Å². The van der Waals surface area contributed by atoms with Crippen LogP contribution in [0.1, 0.15) is 51.0 Å². The molecular weight excluding hydrogens is 286 g/mol. The van der Waals surface area contributed by atoms with E-state index in [2.05, 4.69) is 13.8 Å². The Balaban J connectivity index is 2.23. The largest absolute Gasteiger partial charge is 0.396 e. The second-order valence-corrected chi connectivity index (χ2v) is 7.90. The lowest BCUT2D eigenvalue weighted by atomic mass is 10.0. The Bertz CT molecular complexity index is 565. The number of nitrogens with zero attached hydrogens (tertiary/aromatic N) is 1. The molecule has 21 heavy (non-hydrogen) atoms. The summed E-state index contributed by atoms with van der Waals surface area (Å²) in [6.07, 6.45) is 3.24. The van der Waals surface area contributed by atoms with Gasteiger partial charge in [0.2, 0.25) is 10.0 Å². The van der Waals surface area contributed by atoms with Gasteiger partial charge in [0.25, 0.3) is 0 Å². The van der Waals surface area contributed by atoms with Gasteiger partial charge in [-0.1, -0.05) is 26.0 Å². The lowest BCUT2D eigenvalue weighted by Gasteiger charge is -2.22. The lowest BCUT2D eigenvalue weighted by Crippen LogP contribution is -2.34. The summed E-state index contributed by atoms with van der Waals surface area (Å²) in [4.78, 5) is 0.393. The number of benzene rings is 1. The topological polar surface area (TPSA) is 57.6 Å². The minimum absolute atomic E-state index is 0.112. The second-order valence-electron chi connectivity index (χ2n) is 6.00. The number of hydrogen-bond acceptors (Lipinski definition) is 3. The summed E-state index contributed by atoms with van der Waals surface area (Å²) in [5.41, 5.74) is 1.04. The highest BCUT2D eigenvalue weighted by molar-refractivity contribution is 7.89. The zero-order valence-electron chi connectivity index (χ0n) is 12.8. The molecule has 0 bridgehead atoms. The van der Waals surface area contributed by atoms with Crippen molar-refractivity contribution >= 4 is 10.0 Å². The first kappa shape index (κ1) is 16.5. The molecule has 0 unspecified atom stereocenters. The lowest BCUT2D eigenvalue weighted by molar-refractivity contribution is 0.275. The van der Waals surface area contributed by atoms with Crippen molar-refractivity contribution < 1.29 is 13.5 Å². The number of unbranched alkanes of at least 4 members (excludes halogenated alkanes) is 1. The van der Waals surface area contributed by atoms with Gasteiger partial charge in [-0.3, -0.25) is 0 Å². The molecule has 0 spiro atoms. The minimum Gasteiger partial charge on any atom is -0.396 e. The maximum atomic E-state index is 12.8. The molecule has 4 nitrogen and oxygen atoms in total. The zero-order chi connectivity index (χ0) is 15.5. The van der Waals surface area contributed by atoms with E-state index in [1.807, 2.05) is 12.1 Å². The number of rotatable bonds is 8. The quantitative estimate of drug-likeness (QED) is 0.751. The van der Waals surface area contributed by atoms with Crippen molar-refractivity contribution in [1.82, 2.24) is 4.31 Å². The van der Waals surface area contributed by atoms with Gasteiger partial charge >= 0.3 is 0 Å². The fourth-order valence-electron chi connectivity index (χ4n) is 2.41. The molecular formula is C16H25NO3S. The van der Waals surface area contributed by atoms with Gasteiger partial charge in [-0.25, -0.2) is 8.42 Å². The monoisotopic (exact) mass is 311 g/mol. The number of aliphatic hydroxyl groups is 1. The van der Waals surface area contributed by atoms with Crippen LogP contribution in [0, 0.1) is 0 Å². The average molecular weight is 311 g/mol. The first-order chi connectivity index (χ1) is 9.96. The van der Waals surface area contributed by atoms with Crippen LogP contribution >= 0.6 is 0 Å². The standard InChI is InChI=1S/C16H25NO3S/c1-13(2)14-6-5-7-16(12-14)21(19,20)17(15-8-9-15)10-3-4-11-18/h5-7,12-13,15,18H,3-4,8-11H2,1-2H3. The van der Waals surface area contributed by atoms with Crippen molar-refractivity contribution in [1.29, 1.82) is 0 Å². The molecule has 0 aliphatic heterocycles. The molecule has 118 valence electrons. The highest BCUT2D eigenvalue weighted by Gasteiger charge is 2.37. The van der Waals surface area contributed by atoms with Crippen LogP contribution in [0.3, 0.4) is 0 Å². The van der Waals surface area contributed by atoms with Gasteiger partial charge in [0.1, 0.15) is 0 Å². The number of sulfonamides is 1. The van der Waals surface area contributed by atoms with Crippen LogP contribution in [0.15, 0.2) is 29.2 Å². The van der Waals surface area contributed by atoms with E-state index in [1.54, 1.807) is 16.4 Å². The third-order valence-corrected chi connectivity index (χ3v) is 5.82. The fraction of sp³-hybridized carbons (Fsp3) is 0.625. The first-order valence-electron chi connectivity index (χ1n) is 7.69. The van der Waals surface area contributed by atoms with E-state index in [-0.39, 0.29) is 12.6 Å². The normalized spacial score (nSPS) is 15.9. The smallest absolute Gasteiger partial charge is 0.243 e. The fourth-order valence-corrected chi connectivity index (χ4v) is 4.19. The van der Waals surface area contributed by atoms with Crippen molar-refractivity contribution in [3.8, 4) is 0 Å². The van der Waals surface area contributed by atoms with Crippen LogP contribution < -0.4 is 0 Å². The van der Waals surface area contributed by atoms with Crippen LogP contribution in [-0.4, -0.2) is 37.0 Å². The molecule has 2 rings (SSSR count). The van der Waals surface area contributed by atoms with Crippen LogP contribution in [0.25, 0.3) is 0 Å². The summed E-state index contributed by atoms with van der Waals surface area (Å²) in [7, 11) is -3.42. The van der Waals surface area contributed by atoms with Crippen molar-refractivity contribution in [2.24, 2.45) is 0 Å². The van der Waals surface area contributed by atoms with Crippen LogP contribution in [0.2, 0.25) is 0 Å². The summed E-state index contributed by atoms with van der Waals surface area (Å²) in [6, 6.07) is 7.42. The summed E-state index contributed by atoms with van der Waals surface area (Å²) in [5.74, 6) is 0.309. The van der Waals surface area contributed by atoms with Crippen molar-refractivity contribution in [3.63, 3.8) is 0 Å². The Morgan fingerprint density at radius 1 is 1.29 bits per heavy atom. The van der Waals surface area contributed by atoms with Crippen LogP contribution in [0.4, 0.5) is 0 Å². The van der Waals surface area contributed by atoms with E-state index in [9.17, 15) is 8.42 Å². The molecule has 1 aromatic rings. The molecule has 1 saturated carbocycles. The third-order valence-electron chi connectivity index (χ3n) is 3.87. The highest BCUT2D eigenvalue weighted by atomic mass is 32.2. The van der Waals surface area contributed by atoms with E-state index < -0.39 is 10.0 Å². The van der Waals surface area contributed by atoms with Gasteiger partial charge in [-0.2, -0.15) is 4.31 Å². The third kappa shape index (κ3) is 4.05. The summed E-state index contributed by atoms with van der Waals surface area (Å²) < 4.78 is 27.3. The van der Waals surface area contributed by atoms with E-state index >= 15 is 0 Å². The highest BCUT2D eigenvalue weighted by Crippen LogP contribution is 2.33. The molecule has 1 fully saturated rings. The van der Waals surface area contributed by atoms with Crippen molar-refractivity contribution in [2.75, 3.05) is 13.2 Å². The van der Waals surface area contributed by atoms with Gasteiger partial charge in [-0.05, 0) is 49.3 Å². The maximum Gasteiger partial charge on any atom is 0.243 e. The first-order valence-corrected chi connectivity index (χ1v) is 9.13. The summed E-state index contributed by atoms with van der Waals surface area (Å²) >= 11 is 0. The van der Waals surface area contributed by atoms with Gasteiger partial charge < -0.3 is 5.11 Å². The molecule has 1 aliphatic carbocycles. The number of aliphatic hydroxyl groups excluding tert-OH is 1. The van der Waals surface area contributed by atoms with E-state index in [1.165, 1.54) is 0 Å². The van der Waals surface area contributed by atoms with Crippen LogP contribution in [0.5, 0.6) is 0 Å². The summed E-state index contributed by atoms with van der Waals surface area (Å²) in [6.45, 7) is 4.73. The average Bonchev–Trinajstić information content (AvgIpc) is 3.28. The second kappa shape index (κ2) is 6.90. The molecule has 1 N–H and O–H groups in total. The number of hydrogen-bond donors (Lipinski definition) is 1. The molecule has 1 aliphatic rings. The van der Waals surface area contributed by atoms with E-state index in [0.29, 0.717) is 30.2 Å². The predicted molar refractivity (Wildman–Crippen MR) is 83.8 cm³/mol. The summed E-state index contributed by atoms with van der Waals surface area (Å²) in [5, 5.41) is 8.88. The Morgan fingerprint density at radius 2 is 2.00 bits per heavy atom. The van der Waals surface area contributed by atoms with Crippen molar-refractivity contribution in [2.45, 2.75) is 56.4 Å². The maximum absolute atomic E-state index is 12.8. The Hall–Kier alpha value is -0.910. The Labute approximate surface area is 127 Å². The van der Waals surface area contributed by atoms with Crippen molar-refractivity contribution in [3.05, 3.63) is 29.8 Å². The van der Waals surface area contributed by atoms with Crippen LogP contribution in [-0.2, 0) is 10.0 Å². The Kier molecular flexibility index (Phi) is 5.41. The Morgan fingerprint density at radius 3 is 2.57 bits per heavy atom. The van der Waals surface area contributed by atoms with E-state index in [4.69, 9.17) is 5.11 Å². The minimum atomic E-state index is -3.42. The molecule has 0 atom stereocenters. The molecule has 0 aromatic heterocycles. The SMILES string of the molecule is CC(C)c1cccc(S(=O)(=O)N(CCCCO)C2CC2)c1. The molecule has 0 saturated heterocycles. The van der Waals surface area contributed by atoms with Gasteiger partial charge in [0, 0.05) is 19.2 Å². The van der Waals surface area contributed by atoms with Gasteiger partial charge in [0.05, 0.1) is 4.90 Å². The van der Waals surface area contributed by atoms with Gasteiger partial charge in [0.15, 0.2) is 0 Å². The molecule has 0 amide bonds. The molecule has 5 heteroatoms.